The fourth-order valence-corrected chi connectivity index (χ4v) is 4.76. The highest BCUT2D eigenvalue weighted by molar-refractivity contribution is 7.81. The van der Waals surface area contributed by atoms with Gasteiger partial charge in [-0.3, -0.25) is 9.59 Å². The predicted molar refractivity (Wildman–Crippen MR) is 143 cm³/mol. The Morgan fingerprint density at radius 1 is 1.08 bits per heavy atom. The molecule has 2 aromatic rings. The normalized spacial score (nSPS) is 16.3. The van der Waals surface area contributed by atoms with Gasteiger partial charge in [-0.15, -0.1) is 0 Å². The van der Waals surface area contributed by atoms with Crippen LogP contribution in [-0.2, 0) is 20.8 Å². The quantitative estimate of drug-likeness (QED) is 0.358. The molecule has 2 atom stereocenters. The SMILES string of the molecule is COc1cc(CC(NC(=O)C2(NC(=O)C(S)C(C)C)CCCC2)C(=O)O)ccc1-c1ccccc1C. The van der Waals surface area contributed by atoms with E-state index in [9.17, 15) is 19.5 Å². The van der Waals surface area contributed by atoms with Crippen LogP contribution in [0.25, 0.3) is 11.1 Å². The summed E-state index contributed by atoms with van der Waals surface area (Å²) in [6.07, 6.45) is 2.57. The number of aliphatic carboxylic acids is 1. The highest BCUT2D eigenvalue weighted by atomic mass is 32.1. The van der Waals surface area contributed by atoms with Crippen LogP contribution in [-0.4, -0.2) is 46.8 Å². The first kappa shape index (κ1) is 27.6. The van der Waals surface area contributed by atoms with Crippen molar-refractivity contribution in [1.29, 1.82) is 0 Å². The van der Waals surface area contributed by atoms with Gasteiger partial charge in [0.1, 0.15) is 17.3 Å². The second-order valence-electron chi connectivity index (χ2n) is 9.89. The van der Waals surface area contributed by atoms with Gasteiger partial charge in [-0.1, -0.05) is 63.1 Å². The number of thiol groups is 1. The molecule has 3 rings (SSSR count). The molecule has 36 heavy (non-hydrogen) atoms. The number of aryl methyl sites for hydroxylation is 1. The first-order chi connectivity index (χ1) is 17.1. The van der Waals surface area contributed by atoms with E-state index in [1.165, 1.54) is 0 Å². The molecule has 0 radical (unpaired) electrons. The molecule has 0 bridgehead atoms. The molecule has 7 nitrogen and oxygen atoms in total. The fraction of sp³-hybridized carbons (Fsp3) is 0.464. The Labute approximate surface area is 218 Å². The molecule has 0 aliphatic heterocycles. The highest BCUT2D eigenvalue weighted by Crippen LogP contribution is 2.34. The largest absolute Gasteiger partial charge is 0.496 e. The van der Waals surface area contributed by atoms with E-state index >= 15 is 0 Å². The number of nitrogens with one attached hydrogen (secondary N) is 2. The van der Waals surface area contributed by atoms with Crippen LogP contribution in [0.15, 0.2) is 42.5 Å². The highest BCUT2D eigenvalue weighted by Gasteiger charge is 2.44. The third-order valence-electron chi connectivity index (χ3n) is 6.90. The number of methoxy groups -OCH3 is 1. The van der Waals surface area contributed by atoms with Gasteiger partial charge in [-0.2, -0.15) is 12.6 Å². The van der Waals surface area contributed by atoms with Gasteiger partial charge in [0, 0.05) is 12.0 Å². The van der Waals surface area contributed by atoms with Gasteiger partial charge in [0.15, 0.2) is 0 Å². The molecule has 0 saturated heterocycles. The summed E-state index contributed by atoms with van der Waals surface area (Å²) >= 11 is 4.38. The average molecular weight is 513 g/mol. The second-order valence-corrected chi connectivity index (χ2v) is 10.4. The molecule has 0 spiro atoms. The molecule has 1 fully saturated rings. The molecule has 0 aromatic heterocycles. The molecule has 2 amide bonds. The summed E-state index contributed by atoms with van der Waals surface area (Å²) in [4.78, 5) is 38.2. The minimum Gasteiger partial charge on any atom is -0.496 e. The van der Waals surface area contributed by atoms with E-state index < -0.39 is 28.7 Å². The Hall–Kier alpha value is -3.00. The Morgan fingerprint density at radius 3 is 2.33 bits per heavy atom. The van der Waals surface area contributed by atoms with Crippen LogP contribution in [0.5, 0.6) is 5.75 Å². The molecule has 2 unspecified atom stereocenters. The third-order valence-corrected chi connectivity index (χ3v) is 7.73. The van der Waals surface area contributed by atoms with Gasteiger partial charge < -0.3 is 20.5 Å². The molecule has 3 N–H and O–H groups in total. The van der Waals surface area contributed by atoms with Crippen LogP contribution >= 0.6 is 12.6 Å². The molecule has 1 saturated carbocycles. The van der Waals surface area contributed by atoms with Crippen molar-refractivity contribution in [3.05, 3.63) is 53.6 Å². The summed E-state index contributed by atoms with van der Waals surface area (Å²) in [7, 11) is 1.58. The molecule has 8 heteroatoms. The maximum atomic E-state index is 13.4. The zero-order valence-corrected chi connectivity index (χ0v) is 22.2. The van der Waals surface area contributed by atoms with Gasteiger partial charge in [0.2, 0.25) is 11.8 Å². The number of carbonyl (C=O) groups is 3. The summed E-state index contributed by atoms with van der Waals surface area (Å²) in [6, 6.07) is 12.4. The van der Waals surface area contributed by atoms with E-state index in [0.717, 1.165) is 35.1 Å². The van der Waals surface area contributed by atoms with Gasteiger partial charge in [-0.05, 0) is 48.4 Å². The number of ether oxygens (including phenoxy) is 1. The first-order valence-corrected chi connectivity index (χ1v) is 12.9. The molecule has 0 heterocycles. The maximum Gasteiger partial charge on any atom is 0.326 e. The maximum absolute atomic E-state index is 13.4. The van der Waals surface area contributed by atoms with Crippen molar-refractivity contribution >= 4 is 30.4 Å². The van der Waals surface area contributed by atoms with Crippen LogP contribution in [0.3, 0.4) is 0 Å². The number of carbonyl (C=O) groups excluding carboxylic acids is 2. The molecule has 1 aliphatic carbocycles. The lowest BCUT2D eigenvalue weighted by molar-refractivity contribution is -0.143. The average Bonchev–Trinajstić information content (AvgIpc) is 3.33. The minimum absolute atomic E-state index is 0.000703. The van der Waals surface area contributed by atoms with Gasteiger partial charge >= 0.3 is 5.97 Å². The first-order valence-electron chi connectivity index (χ1n) is 12.3. The van der Waals surface area contributed by atoms with E-state index in [1.54, 1.807) is 7.11 Å². The Bertz CT molecular complexity index is 1110. The summed E-state index contributed by atoms with van der Waals surface area (Å²) in [6.45, 7) is 5.79. The van der Waals surface area contributed by atoms with Gasteiger partial charge in [-0.25, -0.2) is 4.79 Å². The van der Waals surface area contributed by atoms with E-state index in [1.807, 2.05) is 63.2 Å². The summed E-state index contributed by atoms with van der Waals surface area (Å²) in [5.41, 5.74) is 2.65. The van der Waals surface area contributed by atoms with Crippen molar-refractivity contribution in [3.8, 4) is 16.9 Å². The Balaban J connectivity index is 1.80. The predicted octanol–water partition coefficient (Wildman–Crippen LogP) is 4.17. The summed E-state index contributed by atoms with van der Waals surface area (Å²) < 4.78 is 5.61. The molecular weight excluding hydrogens is 476 g/mol. The Morgan fingerprint density at radius 2 is 1.75 bits per heavy atom. The molecular formula is C28H36N2O5S. The summed E-state index contributed by atoms with van der Waals surface area (Å²) in [5, 5.41) is 14.9. The smallest absolute Gasteiger partial charge is 0.326 e. The topological polar surface area (TPSA) is 105 Å². The van der Waals surface area contributed by atoms with Crippen molar-refractivity contribution < 1.29 is 24.2 Å². The van der Waals surface area contributed by atoms with Crippen LogP contribution in [0.2, 0.25) is 0 Å². The van der Waals surface area contributed by atoms with Crippen molar-refractivity contribution in [1.82, 2.24) is 10.6 Å². The summed E-state index contributed by atoms with van der Waals surface area (Å²) in [5.74, 6) is -1.29. The minimum atomic E-state index is -1.15. The van der Waals surface area contributed by atoms with E-state index in [0.29, 0.717) is 18.6 Å². The molecule has 1 aliphatic rings. The zero-order chi connectivity index (χ0) is 26.5. The second kappa shape index (κ2) is 11.8. The molecule has 2 aromatic carbocycles. The number of benzene rings is 2. The monoisotopic (exact) mass is 512 g/mol. The number of rotatable bonds is 10. The van der Waals surface area contributed by atoms with E-state index in [2.05, 4.69) is 23.3 Å². The lowest BCUT2D eigenvalue weighted by atomic mass is 9.93. The Kier molecular flexibility index (Phi) is 9.06. The number of carboxylic acids is 1. The van der Waals surface area contributed by atoms with E-state index in [4.69, 9.17) is 4.74 Å². The van der Waals surface area contributed by atoms with Crippen molar-refractivity contribution in [2.45, 2.75) is 69.7 Å². The van der Waals surface area contributed by atoms with Crippen LogP contribution in [0.1, 0.15) is 50.7 Å². The number of hydrogen-bond donors (Lipinski definition) is 4. The standard InChI is InChI=1S/C28H36N2O5S/c1-17(2)24(36)25(31)30-28(13-7-8-14-28)27(34)29-22(26(32)33)15-19-11-12-21(23(16-19)35-4)20-10-6-5-9-18(20)3/h5-6,9-12,16-17,22,24,36H,7-8,13-15H2,1-4H3,(H,29,34)(H,30,31)(H,32,33). The number of hydrogen-bond acceptors (Lipinski definition) is 5. The lowest BCUT2D eigenvalue weighted by Gasteiger charge is -2.32. The van der Waals surface area contributed by atoms with Crippen LogP contribution in [0.4, 0.5) is 0 Å². The van der Waals surface area contributed by atoms with Crippen LogP contribution < -0.4 is 15.4 Å². The van der Waals surface area contributed by atoms with E-state index in [-0.39, 0.29) is 18.2 Å². The molecule has 194 valence electrons. The number of carboxylic acid groups (broad SMARTS) is 1. The zero-order valence-electron chi connectivity index (χ0n) is 21.3. The fourth-order valence-electron chi connectivity index (χ4n) is 4.69. The number of amides is 2. The lowest BCUT2D eigenvalue weighted by Crippen LogP contribution is -2.61. The van der Waals surface area contributed by atoms with Crippen molar-refractivity contribution in [2.75, 3.05) is 7.11 Å². The van der Waals surface area contributed by atoms with Gasteiger partial charge in [0.05, 0.1) is 12.4 Å². The van der Waals surface area contributed by atoms with Crippen molar-refractivity contribution in [3.63, 3.8) is 0 Å². The van der Waals surface area contributed by atoms with Crippen molar-refractivity contribution in [2.24, 2.45) is 5.92 Å². The van der Waals surface area contributed by atoms with Crippen LogP contribution in [0, 0.1) is 12.8 Å². The third kappa shape index (κ3) is 6.22. The van der Waals surface area contributed by atoms with Gasteiger partial charge in [0.25, 0.3) is 0 Å².